The second kappa shape index (κ2) is 8.67. The van der Waals surface area contributed by atoms with E-state index in [-0.39, 0.29) is 19.4 Å². The summed E-state index contributed by atoms with van der Waals surface area (Å²) in [5.41, 5.74) is 0.603. The summed E-state index contributed by atoms with van der Waals surface area (Å²) in [4.78, 5) is 36.3. The van der Waals surface area contributed by atoms with Crippen molar-refractivity contribution in [2.45, 2.75) is 51.4 Å². The number of benzene rings is 2. The van der Waals surface area contributed by atoms with Gasteiger partial charge in [-0.25, -0.2) is 14.4 Å². The van der Waals surface area contributed by atoms with Crippen LogP contribution < -0.4 is 10.6 Å². The summed E-state index contributed by atoms with van der Waals surface area (Å²) in [7, 11) is 0. The number of carbonyl (C=O) groups is 3. The van der Waals surface area contributed by atoms with Crippen molar-refractivity contribution in [3.63, 3.8) is 0 Å². The highest BCUT2D eigenvalue weighted by atomic mass is 16.6. The summed E-state index contributed by atoms with van der Waals surface area (Å²) >= 11 is 0. The number of carboxylic acid groups (broad SMARTS) is 1. The largest absolute Gasteiger partial charge is 0.479 e. The lowest BCUT2D eigenvalue weighted by Crippen LogP contribution is -2.56. The van der Waals surface area contributed by atoms with Crippen molar-refractivity contribution in [1.29, 1.82) is 0 Å². The Bertz CT molecular complexity index is 983. The van der Waals surface area contributed by atoms with Crippen molar-refractivity contribution in [2.24, 2.45) is 0 Å². The molecule has 31 heavy (non-hydrogen) atoms. The highest BCUT2D eigenvalue weighted by molar-refractivity contribution is 5.88. The van der Waals surface area contributed by atoms with Gasteiger partial charge in [0.15, 0.2) is 0 Å². The number of anilines is 1. The van der Waals surface area contributed by atoms with Crippen LogP contribution >= 0.6 is 0 Å². The lowest BCUT2D eigenvalue weighted by molar-refractivity contribution is -0.144. The predicted molar refractivity (Wildman–Crippen MR) is 114 cm³/mol. The van der Waals surface area contributed by atoms with Crippen LogP contribution in [0.3, 0.4) is 0 Å². The van der Waals surface area contributed by atoms with Crippen LogP contribution in [-0.4, -0.2) is 34.4 Å². The first-order chi connectivity index (χ1) is 14.6. The smallest absolute Gasteiger partial charge is 0.411 e. The Morgan fingerprint density at radius 3 is 2.32 bits per heavy atom. The summed E-state index contributed by atoms with van der Waals surface area (Å²) in [5, 5.41) is 15.0. The molecule has 3 N–H and O–H groups in total. The van der Waals surface area contributed by atoms with Gasteiger partial charge in [-0.05, 0) is 49.6 Å². The molecule has 8 heteroatoms. The van der Waals surface area contributed by atoms with E-state index in [1.165, 1.54) is 0 Å². The lowest BCUT2D eigenvalue weighted by Gasteiger charge is -2.28. The van der Waals surface area contributed by atoms with E-state index in [0.717, 1.165) is 16.7 Å². The topological polar surface area (TPSA) is 114 Å². The van der Waals surface area contributed by atoms with Gasteiger partial charge < -0.3 is 19.9 Å². The van der Waals surface area contributed by atoms with Crippen LogP contribution in [0.1, 0.15) is 37.5 Å². The standard InChI is InChI=1S/C23H26N2O6/c1-22(2,3)31-21(29)25-23(19(26)27)12-16-9-10-18(11-17(16)13-23)24-20(28)30-14-15-7-5-4-6-8-15/h4-11H,12-14H2,1-3H3,(H,24,28)(H,25,29)(H,26,27). The molecular weight excluding hydrogens is 400 g/mol. The maximum Gasteiger partial charge on any atom is 0.411 e. The number of ether oxygens (including phenoxy) is 2. The molecule has 0 saturated heterocycles. The summed E-state index contributed by atoms with van der Waals surface area (Å²) in [6, 6.07) is 14.4. The molecule has 0 spiro atoms. The number of amides is 2. The SMILES string of the molecule is CC(C)(C)OC(=O)NC1(C(=O)O)Cc2ccc(NC(=O)OCc3ccccc3)cc2C1. The summed E-state index contributed by atoms with van der Waals surface area (Å²) < 4.78 is 10.4. The van der Waals surface area contributed by atoms with Gasteiger partial charge in [0.2, 0.25) is 0 Å². The second-order valence-corrected chi connectivity index (χ2v) is 8.54. The van der Waals surface area contributed by atoms with Crippen molar-refractivity contribution in [1.82, 2.24) is 5.32 Å². The molecule has 1 aliphatic carbocycles. The van der Waals surface area contributed by atoms with E-state index in [2.05, 4.69) is 10.6 Å². The van der Waals surface area contributed by atoms with Crippen LogP contribution in [0, 0.1) is 0 Å². The molecular formula is C23H26N2O6. The first-order valence-electron chi connectivity index (χ1n) is 9.90. The van der Waals surface area contributed by atoms with Gasteiger partial charge in [0.25, 0.3) is 0 Å². The van der Waals surface area contributed by atoms with E-state index in [0.29, 0.717) is 5.69 Å². The summed E-state index contributed by atoms with van der Waals surface area (Å²) in [5.74, 6) is -1.15. The fraction of sp³-hybridized carbons (Fsp3) is 0.348. The number of rotatable bonds is 5. The Hall–Kier alpha value is -3.55. The number of hydrogen-bond donors (Lipinski definition) is 3. The number of alkyl carbamates (subject to hydrolysis) is 1. The lowest BCUT2D eigenvalue weighted by atomic mass is 9.96. The summed E-state index contributed by atoms with van der Waals surface area (Å²) in [6.45, 7) is 5.26. The third kappa shape index (κ3) is 5.75. The van der Waals surface area contributed by atoms with Crippen LogP contribution in [-0.2, 0) is 33.7 Å². The highest BCUT2D eigenvalue weighted by Crippen LogP contribution is 2.33. The minimum atomic E-state index is -1.50. The van der Waals surface area contributed by atoms with E-state index in [1.54, 1.807) is 39.0 Å². The van der Waals surface area contributed by atoms with Crippen LogP contribution in [0.25, 0.3) is 0 Å². The Labute approximate surface area is 180 Å². The molecule has 1 unspecified atom stereocenters. The van der Waals surface area contributed by atoms with Gasteiger partial charge in [0.1, 0.15) is 17.7 Å². The van der Waals surface area contributed by atoms with E-state index in [4.69, 9.17) is 9.47 Å². The molecule has 0 radical (unpaired) electrons. The molecule has 8 nitrogen and oxygen atoms in total. The molecule has 3 rings (SSSR count). The van der Waals surface area contributed by atoms with Crippen molar-refractivity contribution in [2.75, 3.05) is 5.32 Å². The molecule has 2 aromatic rings. The number of hydrogen-bond acceptors (Lipinski definition) is 5. The highest BCUT2D eigenvalue weighted by Gasteiger charge is 2.46. The zero-order valence-corrected chi connectivity index (χ0v) is 17.7. The van der Waals surface area contributed by atoms with Crippen LogP contribution in [0.5, 0.6) is 0 Å². The molecule has 0 aliphatic heterocycles. The average molecular weight is 426 g/mol. The van der Waals surface area contributed by atoms with E-state index in [9.17, 15) is 19.5 Å². The number of nitrogens with one attached hydrogen (secondary N) is 2. The molecule has 2 amide bonds. The molecule has 1 atom stereocenters. The van der Waals surface area contributed by atoms with Gasteiger partial charge in [-0.2, -0.15) is 0 Å². The molecule has 164 valence electrons. The molecule has 0 heterocycles. The molecule has 2 aromatic carbocycles. The Kier molecular flexibility index (Phi) is 6.19. The molecule has 0 aromatic heterocycles. The van der Waals surface area contributed by atoms with Crippen LogP contribution in [0.2, 0.25) is 0 Å². The van der Waals surface area contributed by atoms with Gasteiger partial charge in [0.05, 0.1) is 0 Å². The van der Waals surface area contributed by atoms with Crippen molar-refractivity contribution in [3.8, 4) is 0 Å². The monoisotopic (exact) mass is 426 g/mol. The first kappa shape index (κ1) is 22.1. The zero-order valence-electron chi connectivity index (χ0n) is 17.7. The zero-order chi connectivity index (χ0) is 22.6. The van der Waals surface area contributed by atoms with Crippen molar-refractivity contribution < 1.29 is 29.0 Å². The number of carbonyl (C=O) groups excluding carboxylic acids is 2. The Morgan fingerprint density at radius 1 is 1.00 bits per heavy atom. The van der Waals surface area contributed by atoms with Crippen molar-refractivity contribution >= 4 is 23.8 Å². The Balaban J connectivity index is 1.65. The van der Waals surface area contributed by atoms with Gasteiger partial charge in [-0.15, -0.1) is 0 Å². The molecule has 0 fully saturated rings. The molecule has 0 saturated carbocycles. The molecule has 0 bridgehead atoms. The first-order valence-corrected chi connectivity index (χ1v) is 9.90. The fourth-order valence-electron chi connectivity index (χ4n) is 3.42. The van der Waals surface area contributed by atoms with E-state index >= 15 is 0 Å². The Morgan fingerprint density at radius 2 is 1.68 bits per heavy atom. The number of aliphatic carboxylic acids is 1. The maximum absolute atomic E-state index is 12.2. The van der Waals surface area contributed by atoms with Crippen LogP contribution in [0.4, 0.5) is 15.3 Å². The minimum Gasteiger partial charge on any atom is -0.479 e. The van der Waals surface area contributed by atoms with Crippen molar-refractivity contribution in [3.05, 3.63) is 65.2 Å². The van der Waals surface area contributed by atoms with Gasteiger partial charge in [-0.1, -0.05) is 36.4 Å². The normalized spacial score (nSPS) is 17.4. The third-order valence-electron chi connectivity index (χ3n) is 4.80. The third-order valence-corrected chi connectivity index (χ3v) is 4.80. The summed E-state index contributed by atoms with van der Waals surface area (Å²) in [6.07, 6.45) is -1.20. The van der Waals surface area contributed by atoms with E-state index < -0.39 is 29.3 Å². The number of carboxylic acids is 1. The minimum absolute atomic E-state index is 0.0749. The average Bonchev–Trinajstić information content (AvgIpc) is 3.04. The predicted octanol–water partition coefficient (Wildman–Crippen LogP) is 3.88. The molecule has 1 aliphatic rings. The van der Waals surface area contributed by atoms with Gasteiger partial charge >= 0.3 is 18.2 Å². The maximum atomic E-state index is 12.2. The number of fused-ring (bicyclic) bond motifs is 1. The fourth-order valence-corrected chi connectivity index (χ4v) is 3.42. The van der Waals surface area contributed by atoms with Crippen LogP contribution in [0.15, 0.2) is 48.5 Å². The quantitative estimate of drug-likeness (QED) is 0.669. The van der Waals surface area contributed by atoms with E-state index in [1.807, 2.05) is 30.3 Å². The van der Waals surface area contributed by atoms with Gasteiger partial charge in [-0.3, -0.25) is 5.32 Å². The second-order valence-electron chi connectivity index (χ2n) is 8.54. The van der Waals surface area contributed by atoms with Gasteiger partial charge in [0, 0.05) is 18.5 Å².